The predicted molar refractivity (Wildman–Crippen MR) is 110 cm³/mol. The highest BCUT2D eigenvalue weighted by atomic mass is 79.9. The highest BCUT2D eigenvalue weighted by molar-refractivity contribution is 9.10. The van der Waals surface area contributed by atoms with Crippen molar-refractivity contribution in [2.24, 2.45) is 0 Å². The maximum Gasteiger partial charge on any atom is 0.233 e. The summed E-state index contributed by atoms with van der Waals surface area (Å²) in [6.45, 7) is 4.59. The molecule has 0 unspecified atom stereocenters. The number of thioether (sulfide) groups is 1. The average molecular weight is 446 g/mol. The first-order valence-corrected chi connectivity index (χ1v) is 10.2. The van der Waals surface area contributed by atoms with Gasteiger partial charge < -0.3 is 4.90 Å². The van der Waals surface area contributed by atoms with Crippen molar-refractivity contribution in [2.45, 2.75) is 25.5 Å². The third kappa shape index (κ3) is 4.75. The topological polar surface area (TPSA) is 63.9 Å². The van der Waals surface area contributed by atoms with Gasteiger partial charge in [0.15, 0.2) is 0 Å². The van der Waals surface area contributed by atoms with E-state index in [1.807, 2.05) is 50.2 Å². The number of halogens is 1. The Morgan fingerprint density at radius 3 is 2.78 bits per heavy atom. The van der Waals surface area contributed by atoms with Gasteiger partial charge in [-0.15, -0.1) is 5.10 Å². The van der Waals surface area contributed by atoms with Crippen LogP contribution in [0.5, 0.6) is 0 Å². The van der Waals surface area contributed by atoms with Crippen LogP contribution >= 0.6 is 27.7 Å². The van der Waals surface area contributed by atoms with E-state index in [-0.39, 0.29) is 11.7 Å². The van der Waals surface area contributed by atoms with Crippen molar-refractivity contribution in [3.05, 3.63) is 63.6 Å². The van der Waals surface area contributed by atoms with Gasteiger partial charge in [-0.3, -0.25) is 4.79 Å². The molecule has 0 bridgehead atoms. The van der Waals surface area contributed by atoms with Crippen LogP contribution in [0.25, 0.3) is 5.69 Å². The maximum atomic E-state index is 12.5. The molecule has 0 saturated carbocycles. The third-order valence-corrected chi connectivity index (χ3v) is 5.83. The van der Waals surface area contributed by atoms with E-state index in [1.54, 1.807) is 16.6 Å². The zero-order valence-corrected chi connectivity index (χ0v) is 17.8. The third-order valence-electron chi connectivity index (χ3n) is 4.15. The first-order chi connectivity index (χ1) is 13.0. The number of nitrogens with zero attached hydrogens (tertiary/aromatic N) is 5. The zero-order chi connectivity index (χ0) is 19.4. The molecule has 8 heteroatoms. The van der Waals surface area contributed by atoms with Crippen molar-refractivity contribution in [2.75, 3.05) is 12.8 Å². The second-order valence-corrected chi connectivity index (χ2v) is 8.09. The van der Waals surface area contributed by atoms with Gasteiger partial charge in [0.25, 0.3) is 0 Å². The van der Waals surface area contributed by atoms with Crippen LogP contribution in [0.15, 0.2) is 52.1 Å². The lowest BCUT2D eigenvalue weighted by molar-refractivity contribution is -0.127. The number of aromatic nitrogens is 4. The Morgan fingerprint density at radius 2 is 2.00 bits per heavy atom. The van der Waals surface area contributed by atoms with E-state index >= 15 is 0 Å². The van der Waals surface area contributed by atoms with Gasteiger partial charge in [0.2, 0.25) is 11.1 Å². The highest BCUT2D eigenvalue weighted by Gasteiger charge is 2.16. The van der Waals surface area contributed by atoms with Gasteiger partial charge >= 0.3 is 0 Å². The molecule has 0 fully saturated rings. The minimum Gasteiger partial charge on any atom is -0.341 e. The van der Waals surface area contributed by atoms with Gasteiger partial charge in [0.05, 0.1) is 11.4 Å². The van der Waals surface area contributed by atoms with E-state index < -0.39 is 0 Å². The minimum absolute atomic E-state index is 0.0197. The predicted octanol–water partition coefficient (Wildman–Crippen LogP) is 3.79. The Balaban J connectivity index is 1.67. The number of aryl methyl sites for hydroxylation is 2. The molecule has 0 aliphatic carbocycles. The summed E-state index contributed by atoms with van der Waals surface area (Å²) in [7, 11) is 1.80. The molecule has 0 saturated heterocycles. The summed E-state index contributed by atoms with van der Waals surface area (Å²) >= 11 is 4.86. The Bertz CT molecular complexity index is 959. The van der Waals surface area contributed by atoms with Crippen LogP contribution in [0.1, 0.15) is 16.7 Å². The molecule has 1 amide bonds. The number of carbonyl (C=O) groups is 1. The smallest absolute Gasteiger partial charge is 0.233 e. The van der Waals surface area contributed by atoms with E-state index in [1.165, 1.54) is 11.8 Å². The van der Waals surface area contributed by atoms with Gasteiger partial charge in [-0.1, -0.05) is 58.0 Å². The van der Waals surface area contributed by atoms with Crippen molar-refractivity contribution >= 4 is 33.6 Å². The van der Waals surface area contributed by atoms with Crippen molar-refractivity contribution < 1.29 is 4.79 Å². The lowest BCUT2D eigenvalue weighted by Crippen LogP contribution is -2.28. The van der Waals surface area contributed by atoms with Crippen molar-refractivity contribution in [1.82, 2.24) is 25.1 Å². The number of rotatable bonds is 6. The summed E-state index contributed by atoms with van der Waals surface area (Å²) in [5.74, 6) is 0.290. The number of amides is 1. The second-order valence-electron chi connectivity index (χ2n) is 6.29. The summed E-state index contributed by atoms with van der Waals surface area (Å²) in [5, 5.41) is 12.6. The summed E-state index contributed by atoms with van der Waals surface area (Å²) < 4.78 is 2.69. The first-order valence-electron chi connectivity index (χ1n) is 8.42. The molecule has 0 radical (unpaired) electrons. The first kappa shape index (κ1) is 19.6. The fraction of sp³-hybridized carbons (Fsp3) is 0.263. The quantitative estimate of drug-likeness (QED) is 0.539. The summed E-state index contributed by atoms with van der Waals surface area (Å²) in [6, 6.07) is 14.0. The van der Waals surface area contributed by atoms with Crippen molar-refractivity contribution in [1.29, 1.82) is 0 Å². The van der Waals surface area contributed by atoms with Gasteiger partial charge in [-0.25, -0.2) is 0 Å². The van der Waals surface area contributed by atoms with Crippen LogP contribution in [-0.4, -0.2) is 43.8 Å². The van der Waals surface area contributed by atoms with Crippen LogP contribution in [0.4, 0.5) is 0 Å². The molecule has 2 aromatic carbocycles. The molecule has 1 heterocycles. The number of hydrogen-bond acceptors (Lipinski definition) is 5. The summed E-state index contributed by atoms with van der Waals surface area (Å²) in [5.41, 5.74) is 4.20. The van der Waals surface area contributed by atoms with Crippen LogP contribution < -0.4 is 0 Å². The molecule has 0 aliphatic rings. The minimum atomic E-state index is 0.0197. The second kappa shape index (κ2) is 8.67. The van der Waals surface area contributed by atoms with E-state index in [4.69, 9.17) is 0 Å². The SMILES string of the molecule is Cc1ccc(C)c(-n2nnnc2SCC(=O)N(C)Cc2ccccc2Br)c1. The molecule has 0 N–H and O–H groups in total. The molecular weight excluding hydrogens is 426 g/mol. The van der Waals surface area contributed by atoms with Gasteiger partial charge in [0, 0.05) is 18.1 Å². The number of carbonyl (C=O) groups excluding carboxylic acids is 1. The Labute approximate surface area is 171 Å². The standard InChI is InChI=1S/C19H20BrN5OS/c1-13-8-9-14(2)17(10-13)25-19(21-22-23-25)27-12-18(26)24(3)11-15-6-4-5-7-16(15)20/h4-10H,11-12H2,1-3H3. The molecular formula is C19H20BrN5OS. The molecule has 3 rings (SSSR count). The van der Waals surface area contributed by atoms with E-state index in [2.05, 4.69) is 37.5 Å². The molecule has 3 aromatic rings. The zero-order valence-electron chi connectivity index (χ0n) is 15.4. The number of tetrazole rings is 1. The lowest BCUT2D eigenvalue weighted by atomic mass is 10.1. The summed E-state index contributed by atoms with van der Waals surface area (Å²) in [6.07, 6.45) is 0. The molecule has 0 spiro atoms. The lowest BCUT2D eigenvalue weighted by Gasteiger charge is -2.18. The van der Waals surface area contributed by atoms with Crippen LogP contribution in [0.3, 0.4) is 0 Å². The molecule has 0 aliphatic heterocycles. The average Bonchev–Trinajstić information content (AvgIpc) is 3.12. The molecule has 0 atom stereocenters. The Hall–Kier alpha value is -2.19. The Morgan fingerprint density at radius 1 is 1.22 bits per heavy atom. The van der Waals surface area contributed by atoms with Crippen molar-refractivity contribution in [3.8, 4) is 5.69 Å². The molecule has 140 valence electrons. The number of benzene rings is 2. The van der Waals surface area contributed by atoms with Gasteiger partial charge in [-0.05, 0) is 53.1 Å². The van der Waals surface area contributed by atoms with E-state index in [9.17, 15) is 4.79 Å². The number of hydrogen-bond donors (Lipinski definition) is 0. The summed E-state index contributed by atoms with van der Waals surface area (Å²) in [4.78, 5) is 14.2. The van der Waals surface area contributed by atoms with Crippen LogP contribution in [-0.2, 0) is 11.3 Å². The van der Waals surface area contributed by atoms with Crippen LogP contribution in [0.2, 0.25) is 0 Å². The van der Waals surface area contributed by atoms with E-state index in [0.29, 0.717) is 11.7 Å². The van der Waals surface area contributed by atoms with Crippen molar-refractivity contribution in [3.63, 3.8) is 0 Å². The van der Waals surface area contributed by atoms with Crippen LogP contribution in [0, 0.1) is 13.8 Å². The van der Waals surface area contributed by atoms with E-state index in [0.717, 1.165) is 26.9 Å². The largest absolute Gasteiger partial charge is 0.341 e. The fourth-order valence-corrected chi connectivity index (χ4v) is 3.81. The normalized spacial score (nSPS) is 10.8. The van der Waals surface area contributed by atoms with Gasteiger partial charge in [0.1, 0.15) is 0 Å². The maximum absolute atomic E-state index is 12.5. The molecule has 1 aromatic heterocycles. The highest BCUT2D eigenvalue weighted by Crippen LogP contribution is 2.22. The van der Waals surface area contributed by atoms with Gasteiger partial charge in [-0.2, -0.15) is 4.68 Å². The molecule has 27 heavy (non-hydrogen) atoms. The fourth-order valence-electron chi connectivity index (χ4n) is 2.57. The molecule has 6 nitrogen and oxygen atoms in total. The monoisotopic (exact) mass is 445 g/mol. The Kier molecular flexibility index (Phi) is 6.28.